The summed E-state index contributed by atoms with van der Waals surface area (Å²) < 4.78 is 16.4. The summed E-state index contributed by atoms with van der Waals surface area (Å²) in [7, 11) is 3.07. The molecule has 0 saturated carbocycles. The zero-order valence-electron chi connectivity index (χ0n) is 16.6. The number of methoxy groups -OCH3 is 2. The Balaban J connectivity index is 1.86. The predicted octanol–water partition coefficient (Wildman–Crippen LogP) is 5.12. The van der Waals surface area contributed by atoms with Crippen molar-refractivity contribution in [2.75, 3.05) is 25.7 Å². The van der Waals surface area contributed by atoms with Gasteiger partial charge < -0.3 is 14.2 Å². The van der Waals surface area contributed by atoms with E-state index in [0.29, 0.717) is 34.4 Å². The first kappa shape index (κ1) is 20.8. The maximum Gasteiger partial charge on any atom is 0.298 e. The van der Waals surface area contributed by atoms with Gasteiger partial charge in [0.25, 0.3) is 11.1 Å². The summed E-state index contributed by atoms with van der Waals surface area (Å²) >= 11 is 0.896. The molecule has 3 rings (SSSR count). The van der Waals surface area contributed by atoms with Crippen LogP contribution in [0.15, 0.2) is 47.4 Å². The van der Waals surface area contributed by atoms with Crippen molar-refractivity contribution in [2.45, 2.75) is 19.8 Å². The van der Waals surface area contributed by atoms with Crippen LogP contribution in [0.5, 0.6) is 17.2 Å². The summed E-state index contributed by atoms with van der Waals surface area (Å²) in [6.07, 6.45) is 3.68. The van der Waals surface area contributed by atoms with E-state index in [9.17, 15) is 9.59 Å². The molecule has 1 heterocycles. The van der Waals surface area contributed by atoms with Gasteiger partial charge in [0, 0.05) is 0 Å². The predicted molar refractivity (Wildman–Crippen MR) is 115 cm³/mol. The summed E-state index contributed by atoms with van der Waals surface area (Å²) in [6.45, 7) is 2.71. The maximum atomic E-state index is 12.9. The van der Waals surface area contributed by atoms with E-state index in [2.05, 4.69) is 6.92 Å². The lowest BCUT2D eigenvalue weighted by Gasteiger charge is -2.15. The number of imide groups is 1. The van der Waals surface area contributed by atoms with Crippen LogP contribution in [-0.2, 0) is 4.79 Å². The van der Waals surface area contributed by atoms with Crippen molar-refractivity contribution >= 4 is 34.7 Å². The van der Waals surface area contributed by atoms with Gasteiger partial charge >= 0.3 is 0 Å². The van der Waals surface area contributed by atoms with E-state index in [1.54, 1.807) is 43.5 Å². The molecule has 1 aliphatic heterocycles. The normalized spacial score (nSPS) is 15.1. The minimum Gasteiger partial charge on any atom is -0.495 e. The van der Waals surface area contributed by atoms with Crippen LogP contribution in [-0.4, -0.2) is 32.0 Å². The molecule has 2 aromatic rings. The Bertz CT molecular complexity index is 941. The summed E-state index contributed by atoms with van der Waals surface area (Å²) in [5.41, 5.74) is 1.17. The van der Waals surface area contributed by atoms with Crippen molar-refractivity contribution in [1.82, 2.24) is 0 Å². The number of thioether (sulfide) groups is 1. The molecule has 2 amide bonds. The molecule has 2 aromatic carbocycles. The summed E-state index contributed by atoms with van der Waals surface area (Å²) in [6, 6.07) is 12.4. The van der Waals surface area contributed by atoms with Gasteiger partial charge in [0.1, 0.15) is 5.75 Å². The minimum absolute atomic E-state index is 0.336. The molecule has 152 valence electrons. The highest BCUT2D eigenvalue weighted by Gasteiger charge is 2.37. The van der Waals surface area contributed by atoms with Gasteiger partial charge in [0.2, 0.25) is 0 Å². The monoisotopic (exact) mass is 413 g/mol. The smallest absolute Gasteiger partial charge is 0.298 e. The first-order valence-corrected chi connectivity index (χ1v) is 10.1. The lowest BCUT2D eigenvalue weighted by atomic mass is 10.1. The quantitative estimate of drug-likeness (QED) is 0.442. The second kappa shape index (κ2) is 9.52. The van der Waals surface area contributed by atoms with E-state index in [1.807, 2.05) is 12.1 Å². The van der Waals surface area contributed by atoms with Crippen LogP contribution < -0.4 is 19.1 Å². The van der Waals surface area contributed by atoms with Gasteiger partial charge in [-0.15, -0.1) is 0 Å². The SMILES string of the molecule is CCCCOc1ccc(/C=C2\SC(=O)N(c3ccccc3OC)C2=O)cc1OC. The van der Waals surface area contributed by atoms with Gasteiger partial charge in [-0.3, -0.25) is 9.59 Å². The molecule has 1 aliphatic rings. The first-order valence-electron chi connectivity index (χ1n) is 9.30. The molecule has 0 aromatic heterocycles. The number of nitrogens with zero attached hydrogens (tertiary/aromatic N) is 1. The van der Waals surface area contributed by atoms with E-state index in [0.717, 1.165) is 35.1 Å². The summed E-state index contributed by atoms with van der Waals surface area (Å²) in [5.74, 6) is 1.32. The van der Waals surface area contributed by atoms with Crippen LogP contribution in [0.4, 0.5) is 10.5 Å². The van der Waals surface area contributed by atoms with Gasteiger partial charge in [-0.1, -0.05) is 31.5 Å². The van der Waals surface area contributed by atoms with Crippen molar-refractivity contribution in [1.29, 1.82) is 0 Å². The van der Waals surface area contributed by atoms with Crippen LogP contribution in [0.25, 0.3) is 6.08 Å². The van der Waals surface area contributed by atoms with Crippen molar-refractivity contribution in [3.8, 4) is 17.2 Å². The fourth-order valence-corrected chi connectivity index (χ4v) is 3.70. The number of hydrogen-bond donors (Lipinski definition) is 0. The molecule has 0 atom stereocenters. The molecule has 0 bridgehead atoms. The third-order valence-corrected chi connectivity index (χ3v) is 5.23. The Hall–Kier alpha value is -2.93. The number of rotatable bonds is 8. The largest absolute Gasteiger partial charge is 0.495 e. The van der Waals surface area contributed by atoms with Crippen molar-refractivity contribution in [2.24, 2.45) is 0 Å². The van der Waals surface area contributed by atoms with Crippen molar-refractivity contribution < 1.29 is 23.8 Å². The Kier molecular flexibility index (Phi) is 6.82. The Morgan fingerprint density at radius 2 is 1.76 bits per heavy atom. The average molecular weight is 413 g/mol. The number of anilines is 1. The van der Waals surface area contributed by atoms with Gasteiger partial charge in [0.05, 0.1) is 31.4 Å². The van der Waals surface area contributed by atoms with Crippen molar-refractivity contribution in [3.63, 3.8) is 0 Å². The zero-order chi connectivity index (χ0) is 20.8. The molecule has 29 heavy (non-hydrogen) atoms. The van der Waals surface area contributed by atoms with Gasteiger partial charge in [-0.05, 0) is 54.1 Å². The number of carbonyl (C=O) groups is 2. The van der Waals surface area contributed by atoms with Gasteiger partial charge in [-0.25, -0.2) is 4.90 Å². The molecule has 0 N–H and O–H groups in total. The lowest BCUT2D eigenvalue weighted by molar-refractivity contribution is -0.113. The standard InChI is InChI=1S/C22H23NO5S/c1-4-5-12-28-18-11-10-15(13-19(18)27-3)14-20-21(24)23(22(25)29-20)16-8-6-7-9-17(16)26-2/h6-11,13-14H,4-5,12H2,1-3H3/b20-14-. The molecular weight excluding hydrogens is 390 g/mol. The number of hydrogen-bond acceptors (Lipinski definition) is 6. The van der Waals surface area contributed by atoms with E-state index in [1.165, 1.54) is 7.11 Å². The third kappa shape index (κ3) is 4.56. The van der Waals surface area contributed by atoms with Crippen LogP contribution >= 0.6 is 11.8 Å². The molecule has 0 radical (unpaired) electrons. The second-order valence-electron chi connectivity index (χ2n) is 6.30. The highest BCUT2D eigenvalue weighted by atomic mass is 32.2. The number of benzene rings is 2. The lowest BCUT2D eigenvalue weighted by Crippen LogP contribution is -2.28. The van der Waals surface area contributed by atoms with Crippen molar-refractivity contribution in [3.05, 3.63) is 52.9 Å². The van der Waals surface area contributed by atoms with Gasteiger partial charge in [-0.2, -0.15) is 0 Å². The number of carbonyl (C=O) groups excluding carboxylic acids is 2. The number of unbranched alkanes of at least 4 members (excludes halogenated alkanes) is 1. The summed E-state index contributed by atoms with van der Waals surface area (Å²) in [4.78, 5) is 26.9. The molecule has 1 saturated heterocycles. The molecule has 0 aliphatic carbocycles. The minimum atomic E-state index is -0.383. The Morgan fingerprint density at radius 1 is 1.00 bits per heavy atom. The van der Waals surface area contributed by atoms with E-state index < -0.39 is 0 Å². The number of ether oxygens (including phenoxy) is 3. The summed E-state index contributed by atoms with van der Waals surface area (Å²) in [5, 5.41) is -0.364. The Morgan fingerprint density at radius 3 is 2.48 bits per heavy atom. The fraction of sp³-hybridized carbons (Fsp3) is 0.273. The molecule has 0 unspecified atom stereocenters. The first-order chi connectivity index (χ1) is 14.1. The van der Waals surface area contributed by atoms with Gasteiger partial charge in [0.15, 0.2) is 11.5 Å². The molecule has 1 fully saturated rings. The van der Waals surface area contributed by atoms with E-state index >= 15 is 0 Å². The molecular formula is C22H23NO5S. The second-order valence-corrected chi connectivity index (χ2v) is 7.29. The molecule has 0 spiro atoms. The zero-order valence-corrected chi connectivity index (χ0v) is 17.5. The number of amides is 2. The van der Waals surface area contributed by atoms with Crippen LogP contribution in [0, 0.1) is 0 Å². The highest BCUT2D eigenvalue weighted by Crippen LogP contribution is 2.40. The van der Waals surface area contributed by atoms with Crippen LogP contribution in [0.2, 0.25) is 0 Å². The topological polar surface area (TPSA) is 65.1 Å². The average Bonchev–Trinajstić information content (AvgIpc) is 3.01. The van der Waals surface area contributed by atoms with E-state index in [4.69, 9.17) is 14.2 Å². The maximum absolute atomic E-state index is 12.9. The molecule has 7 heteroatoms. The highest BCUT2D eigenvalue weighted by molar-refractivity contribution is 8.19. The fourth-order valence-electron chi connectivity index (χ4n) is 2.86. The third-order valence-electron chi connectivity index (χ3n) is 4.36. The van der Waals surface area contributed by atoms with Crippen LogP contribution in [0.1, 0.15) is 25.3 Å². The van der Waals surface area contributed by atoms with Crippen LogP contribution in [0.3, 0.4) is 0 Å². The van der Waals surface area contributed by atoms with E-state index in [-0.39, 0.29) is 11.1 Å². The Labute approximate surface area is 174 Å². The molecule has 6 nitrogen and oxygen atoms in total. The number of para-hydroxylation sites is 2.